The van der Waals surface area contributed by atoms with Gasteiger partial charge in [-0.3, -0.25) is 14.9 Å². The van der Waals surface area contributed by atoms with Crippen molar-refractivity contribution in [3.8, 4) is 5.75 Å². The van der Waals surface area contributed by atoms with Crippen molar-refractivity contribution in [3.05, 3.63) is 101 Å². The van der Waals surface area contributed by atoms with E-state index in [1.165, 1.54) is 12.1 Å². The summed E-state index contributed by atoms with van der Waals surface area (Å²) in [5.41, 5.74) is 2.57. The highest BCUT2D eigenvalue weighted by atomic mass is 19.4. The molecular formula is C27H22F3N5O2. The van der Waals surface area contributed by atoms with Crippen molar-refractivity contribution in [1.82, 2.24) is 15.5 Å². The second-order valence-electron chi connectivity index (χ2n) is 8.52. The predicted octanol–water partition coefficient (Wildman–Crippen LogP) is 5.59. The summed E-state index contributed by atoms with van der Waals surface area (Å²) >= 11 is 0. The number of aromatic nitrogens is 2. The quantitative estimate of drug-likeness (QED) is 0.330. The van der Waals surface area contributed by atoms with E-state index in [0.717, 1.165) is 23.0 Å². The minimum absolute atomic E-state index is 0.290. The van der Waals surface area contributed by atoms with Gasteiger partial charge in [-0.1, -0.05) is 24.3 Å². The molecule has 7 nitrogen and oxygen atoms in total. The number of allylic oxidation sites excluding steroid dienone is 1. The first kappa shape index (κ1) is 24.1. The van der Waals surface area contributed by atoms with Gasteiger partial charge >= 0.3 is 6.18 Å². The molecule has 2 heterocycles. The Morgan fingerprint density at radius 1 is 1.05 bits per heavy atom. The van der Waals surface area contributed by atoms with Crippen molar-refractivity contribution in [2.45, 2.75) is 19.1 Å². The van der Waals surface area contributed by atoms with Gasteiger partial charge in [0.2, 0.25) is 0 Å². The number of nitrogens with zero attached hydrogens (tertiary/aromatic N) is 2. The highest BCUT2D eigenvalue weighted by Gasteiger charge is 2.33. The third-order valence-corrected chi connectivity index (χ3v) is 6.08. The maximum Gasteiger partial charge on any atom is 0.416 e. The molecule has 4 aromatic rings. The van der Waals surface area contributed by atoms with E-state index < -0.39 is 23.7 Å². The average Bonchev–Trinajstić information content (AvgIpc) is 3.35. The van der Waals surface area contributed by atoms with Gasteiger partial charge in [-0.2, -0.15) is 18.3 Å². The number of fused-ring (bicyclic) bond motifs is 1. The lowest BCUT2D eigenvalue weighted by molar-refractivity contribution is -0.137. The molecule has 1 unspecified atom stereocenters. The minimum Gasteiger partial charge on any atom is -0.497 e. The van der Waals surface area contributed by atoms with Gasteiger partial charge in [0.05, 0.1) is 30.0 Å². The molecule has 0 bridgehead atoms. The molecule has 1 aliphatic rings. The Bertz CT molecular complexity index is 1540. The molecule has 0 spiro atoms. The summed E-state index contributed by atoms with van der Waals surface area (Å²) < 4.78 is 44.9. The molecule has 37 heavy (non-hydrogen) atoms. The van der Waals surface area contributed by atoms with Gasteiger partial charge in [0.1, 0.15) is 17.6 Å². The smallest absolute Gasteiger partial charge is 0.416 e. The van der Waals surface area contributed by atoms with Crippen LogP contribution in [0, 0.1) is 0 Å². The van der Waals surface area contributed by atoms with E-state index in [2.05, 4.69) is 20.8 Å². The van der Waals surface area contributed by atoms with Crippen LogP contribution < -0.4 is 15.4 Å². The molecule has 1 aromatic heterocycles. The highest BCUT2D eigenvalue weighted by molar-refractivity contribution is 6.09. The summed E-state index contributed by atoms with van der Waals surface area (Å²) in [5, 5.41) is 13.7. The lowest BCUT2D eigenvalue weighted by Crippen LogP contribution is -2.34. The van der Waals surface area contributed by atoms with Crippen LogP contribution in [0.15, 0.2) is 89.2 Å². The van der Waals surface area contributed by atoms with E-state index >= 15 is 0 Å². The Morgan fingerprint density at radius 2 is 1.84 bits per heavy atom. The third kappa shape index (κ3) is 4.90. The summed E-state index contributed by atoms with van der Waals surface area (Å²) in [5.74, 6) is 0.664. The molecule has 10 heteroatoms. The molecule has 3 N–H and O–H groups in total. The molecule has 1 amide bonds. The number of amidine groups is 1. The van der Waals surface area contributed by atoms with Gasteiger partial charge in [-0.15, -0.1) is 0 Å². The van der Waals surface area contributed by atoms with Crippen molar-refractivity contribution >= 4 is 28.3 Å². The van der Waals surface area contributed by atoms with E-state index in [9.17, 15) is 18.0 Å². The number of hydrogen-bond acceptors (Lipinski definition) is 5. The molecular weight excluding hydrogens is 483 g/mol. The number of halogens is 3. The van der Waals surface area contributed by atoms with Crippen molar-refractivity contribution in [3.63, 3.8) is 0 Å². The number of alkyl halides is 3. The first-order chi connectivity index (χ1) is 17.7. The van der Waals surface area contributed by atoms with Crippen molar-refractivity contribution in [1.29, 1.82) is 0 Å². The zero-order valence-corrected chi connectivity index (χ0v) is 19.9. The van der Waals surface area contributed by atoms with Crippen LogP contribution in [0.5, 0.6) is 5.75 Å². The SMILES string of the molecule is COc1cccc(C2=NC(c3ccc(C(F)(F)F)cc3)C(C(=O)Nc3ccc4[nH]ncc4c3)=C(C)N2)c1. The molecule has 0 radical (unpaired) electrons. The second-order valence-corrected chi connectivity index (χ2v) is 8.52. The molecule has 0 fully saturated rings. The average molecular weight is 506 g/mol. The fourth-order valence-electron chi connectivity index (χ4n) is 4.20. The molecule has 0 aliphatic carbocycles. The number of rotatable bonds is 5. The largest absolute Gasteiger partial charge is 0.497 e. The standard InChI is InChI=1S/C27H22F3N5O2/c1-15-23(26(36)33-20-10-11-22-18(12-20)14-31-35-22)24(16-6-8-19(9-7-16)27(28,29)30)34-25(32-15)17-4-3-5-21(13-17)37-2/h3-14,24H,1-2H3,(H,31,35)(H,32,34)(H,33,36). The Hall–Kier alpha value is -4.60. The predicted molar refractivity (Wildman–Crippen MR) is 134 cm³/mol. The van der Waals surface area contributed by atoms with Gasteiger partial charge in [0.15, 0.2) is 0 Å². The van der Waals surface area contributed by atoms with Crippen molar-refractivity contribution in [2.75, 3.05) is 12.4 Å². The number of H-pyrrole nitrogens is 1. The maximum atomic E-state index is 13.5. The van der Waals surface area contributed by atoms with Crippen LogP contribution in [0.1, 0.15) is 29.7 Å². The number of carbonyl (C=O) groups is 1. The summed E-state index contributed by atoms with van der Waals surface area (Å²) in [7, 11) is 1.55. The van der Waals surface area contributed by atoms with E-state index in [1.54, 1.807) is 56.6 Å². The topological polar surface area (TPSA) is 91.4 Å². The zero-order valence-electron chi connectivity index (χ0n) is 19.9. The third-order valence-electron chi connectivity index (χ3n) is 6.08. The minimum atomic E-state index is -4.47. The fraction of sp³-hybridized carbons (Fsp3) is 0.148. The molecule has 5 rings (SSSR count). The van der Waals surface area contributed by atoms with Crippen LogP contribution in [0.4, 0.5) is 18.9 Å². The van der Waals surface area contributed by atoms with E-state index in [4.69, 9.17) is 9.73 Å². The molecule has 0 saturated heterocycles. The molecule has 1 atom stereocenters. The maximum absolute atomic E-state index is 13.5. The lowest BCUT2D eigenvalue weighted by Gasteiger charge is -2.27. The number of methoxy groups -OCH3 is 1. The Morgan fingerprint density at radius 3 is 2.57 bits per heavy atom. The number of nitrogens with one attached hydrogen (secondary N) is 3. The van der Waals surface area contributed by atoms with Crippen molar-refractivity contribution < 1.29 is 22.7 Å². The number of carbonyl (C=O) groups excluding carboxylic acids is 1. The highest BCUT2D eigenvalue weighted by Crippen LogP contribution is 2.35. The Labute approximate surface area is 210 Å². The zero-order chi connectivity index (χ0) is 26.2. The molecule has 188 valence electrons. The molecule has 1 aliphatic heterocycles. The van der Waals surface area contributed by atoms with E-state index in [0.29, 0.717) is 39.7 Å². The lowest BCUT2D eigenvalue weighted by atomic mass is 9.94. The van der Waals surface area contributed by atoms with Gasteiger partial charge in [-0.25, -0.2) is 0 Å². The Kier molecular flexibility index (Phi) is 6.16. The number of ether oxygens (including phenoxy) is 1. The summed E-state index contributed by atoms with van der Waals surface area (Å²) in [4.78, 5) is 18.3. The number of aromatic amines is 1. The Balaban J connectivity index is 1.53. The van der Waals surface area contributed by atoms with Gasteiger partial charge in [0.25, 0.3) is 5.91 Å². The van der Waals surface area contributed by atoms with Crippen LogP contribution in [0.3, 0.4) is 0 Å². The summed E-state index contributed by atoms with van der Waals surface area (Å²) in [6.07, 6.45) is -2.83. The van der Waals surface area contributed by atoms with Crippen LogP contribution in [0.2, 0.25) is 0 Å². The second kappa shape index (κ2) is 9.45. The number of benzene rings is 3. The fourth-order valence-corrected chi connectivity index (χ4v) is 4.20. The summed E-state index contributed by atoms with van der Waals surface area (Å²) in [6, 6.07) is 16.4. The first-order valence-corrected chi connectivity index (χ1v) is 11.3. The summed E-state index contributed by atoms with van der Waals surface area (Å²) in [6.45, 7) is 1.74. The van der Waals surface area contributed by atoms with Gasteiger partial charge in [-0.05, 0) is 55.0 Å². The number of amides is 1. The normalized spacial score (nSPS) is 15.8. The molecule has 0 saturated carbocycles. The van der Waals surface area contributed by atoms with Gasteiger partial charge in [0, 0.05) is 22.3 Å². The van der Waals surface area contributed by atoms with Crippen molar-refractivity contribution in [2.24, 2.45) is 4.99 Å². The van der Waals surface area contributed by atoms with Crippen LogP contribution >= 0.6 is 0 Å². The number of hydrogen-bond donors (Lipinski definition) is 3. The number of aliphatic imine (C=N–C) groups is 1. The number of anilines is 1. The van der Waals surface area contributed by atoms with Crippen LogP contribution in [-0.4, -0.2) is 29.0 Å². The first-order valence-electron chi connectivity index (χ1n) is 11.3. The van der Waals surface area contributed by atoms with Gasteiger partial charge < -0.3 is 15.4 Å². The molecule has 3 aromatic carbocycles. The van der Waals surface area contributed by atoms with Crippen LogP contribution in [0.25, 0.3) is 10.9 Å². The van der Waals surface area contributed by atoms with Crippen LogP contribution in [-0.2, 0) is 11.0 Å². The van der Waals surface area contributed by atoms with E-state index in [1.807, 2.05) is 6.07 Å². The monoisotopic (exact) mass is 505 g/mol. The van der Waals surface area contributed by atoms with E-state index in [-0.39, 0.29) is 0 Å².